The minimum Gasteiger partial charge on any atom is -0.378 e. The van der Waals surface area contributed by atoms with Crippen molar-refractivity contribution in [1.82, 2.24) is 10.3 Å². The van der Waals surface area contributed by atoms with Crippen LogP contribution >= 0.6 is 0 Å². The van der Waals surface area contributed by atoms with Gasteiger partial charge in [0.2, 0.25) is 0 Å². The number of nitrogens with zero attached hydrogens (tertiary/aromatic N) is 2. The fourth-order valence-corrected chi connectivity index (χ4v) is 1.93. The van der Waals surface area contributed by atoms with E-state index in [0.717, 1.165) is 39.4 Å². The Bertz CT molecular complexity index is 324. The first-order chi connectivity index (χ1) is 7.92. The van der Waals surface area contributed by atoms with Crippen LogP contribution in [0.4, 0.5) is 5.69 Å². The fraction of sp³-hybridized carbons (Fsp3) is 0.583. The summed E-state index contributed by atoms with van der Waals surface area (Å²) in [5.74, 6) is 0. The van der Waals surface area contributed by atoms with Crippen LogP contribution in [-0.4, -0.2) is 37.8 Å². The average Bonchev–Trinajstić information content (AvgIpc) is 2.38. The van der Waals surface area contributed by atoms with Crippen molar-refractivity contribution in [2.24, 2.45) is 0 Å². The number of rotatable bonds is 4. The van der Waals surface area contributed by atoms with E-state index in [1.54, 1.807) is 0 Å². The number of pyridine rings is 1. The highest BCUT2D eigenvalue weighted by Gasteiger charge is 2.14. The van der Waals surface area contributed by atoms with E-state index in [0.29, 0.717) is 0 Å². The van der Waals surface area contributed by atoms with Crippen molar-refractivity contribution in [3.8, 4) is 0 Å². The van der Waals surface area contributed by atoms with Crippen LogP contribution in [0.15, 0.2) is 18.5 Å². The van der Waals surface area contributed by atoms with Crippen LogP contribution in [0, 0.1) is 0 Å². The highest BCUT2D eigenvalue weighted by molar-refractivity contribution is 5.52. The summed E-state index contributed by atoms with van der Waals surface area (Å²) in [7, 11) is 0. The summed E-state index contributed by atoms with van der Waals surface area (Å²) >= 11 is 0. The summed E-state index contributed by atoms with van der Waals surface area (Å²) in [5, 5.41) is 3.35. The van der Waals surface area contributed by atoms with Crippen LogP contribution in [0.1, 0.15) is 12.5 Å². The molecule has 4 nitrogen and oxygen atoms in total. The Labute approximate surface area is 96.6 Å². The van der Waals surface area contributed by atoms with Crippen LogP contribution in [0.5, 0.6) is 0 Å². The molecule has 0 radical (unpaired) electrons. The molecular weight excluding hydrogens is 202 g/mol. The second-order valence-electron chi connectivity index (χ2n) is 3.88. The average molecular weight is 221 g/mol. The lowest BCUT2D eigenvalue weighted by atomic mass is 10.2. The standard InChI is InChI=1S/C12H19N3O/c1-2-13-9-11-10-14-4-3-12(11)15-5-7-16-8-6-15/h3-4,10,13H,2,5-9H2,1H3. The summed E-state index contributed by atoms with van der Waals surface area (Å²) in [6.07, 6.45) is 3.81. The van der Waals surface area contributed by atoms with Crippen molar-refractivity contribution in [3.05, 3.63) is 24.0 Å². The monoisotopic (exact) mass is 221 g/mol. The molecule has 0 spiro atoms. The van der Waals surface area contributed by atoms with E-state index in [1.165, 1.54) is 11.3 Å². The highest BCUT2D eigenvalue weighted by atomic mass is 16.5. The Morgan fingerprint density at radius 3 is 3.00 bits per heavy atom. The van der Waals surface area contributed by atoms with Crippen molar-refractivity contribution in [1.29, 1.82) is 0 Å². The van der Waals surface area contributed by atoms with E-state index >= 15 is 0 Å². The summed E-state index contributed by atoms with van der Waals surface area (Å²) in [5.41, 5.74) is 2.56. The maximum Gasteiger partial charge on any atom is 0.0642 e. The molecule has 2 rings (SSSR count). The van der Waals surface area contributed by atoms with Crippen molar-refractivity contribution in [3.63, 3.8) is 0 Å². The third-order valence-corrected chi connectivity index (χ3v) is 2.80. The van der Waals surface area contributed by atoms with Crippen molar-refractivity contribution in [2.75, 3.05) is 37.7 Å². The van der Waals surface area contributed by atoms with Crippen LogP contribution in [-0.2, 0) is 11.3 Å². The molecule has 1 N–H and O–H groups in total. The Morgan fingerprint density at radius 1 is 1.44 bits per heavy atom. The fourth-order valence-electron chi connectivity index (χ4n) is 1.93. The normalized spacial score (nSPS) is 16.4. The number of aromatic nitrogens is 1. The number of nitrogens with one attached hydrogen (secondary N) is 1. The molecule has 0 aromatic carbocycles. The van der Waals surface area contributed by atoms with E-state index in [4.69, 9.17) is 4.74 Å². The lowest BCUT2D eigenvalue weighted by Crippen LogP contribution is -2.37. The summed E-state index contributed by atoms with van der Waals surface area (Å²) < 4.78 is 5.37. The molecule has 1 saturated heterocycles. The zero-order valence-corrected chi connectivity index (χ0v) is 9.78. The molecule has 2 heterocycles. The molecule has 88 valence electrons. The third-order valence-electron chi connectivity index (χ3n) is 2.80. The minimum atomic E-state index is 0.822. The Morgan fingerprint density at radius 2 is 2.25 bits per heavy atom. The van der Waals surface area contributed by atoms with Gasteiger partial charge in [0.15, 0.2) is 0 Å². The Kier molecular flexibility index (Phi) is 4.13. The lowest BCUT2D eigenvalue weighted by molar-refractivity contribution is 0.122. The van der Waals surface area contributed by atoms with Crippen molar-refractivity contribution < 1.29 is 4.74 Å². The third kappa shape index (κ3) is 2.71. The maximum atomic E-state index is 5.37. The molecule has 16 heavy (non-hydrogen) atoms. The van der Waals surface area contributed by atoms with Gasteiger partial charge in [-0.2, -0.15) is 0 Å². The number of hydrogen-bond donors (Lipinski definition) is 1. The van der Waals surface area contributed by atoms with Gasteiger partial charge in [-0.15, -0.1) is 0 Å². The summed E-state index contributed by atoms with van der Waals surface area (Å²) in [6, 6.07) is 2.10. The molecule has 0 saturated carbocycles. The van der Waals surface area contributed by atoms with E-state index in [9.17, 15) is 0 Å². The van der Waals surface area contributed by atoms with Crippen LogP contribution in [0.2, 0.25) is 0 Å². The van der Waals surface area contributed by atoms with Gasteiger partial charge in [0.05, 0.1) is 13.2 Å². The second kappa shape index (κ2) is 5.82. The first-order valence-electron chi connectivity index (χ1n) is 5.88. The first-order valence-corrected chi connectivity index (χ1v) is 5.88. The molecule has 0 aliphatic carbocycles. The van der Waals surface area contributed by atoms with Gasteiger partial charge >= 0.3 is 0 Å². The largest absolute Gasteiger partial charge is 0.378 e. The van der Waals surface area contributed by atoms with Crippen LogP contribution < -0.4 is 10.2 Å². The van der Waals surface area contributed by atoms with Crippen LogP contribution in [0.3, 0.4) is 0 Å². The predicted molar refractivity (Wildman–Crippen MR) is 64.6 cm³/mol. The molecule has 1 aromatic rings. The number of morpholine rings is 1. The Hall–Kier alpha value is -1.13. The zero-order valence-electron chi connectivity index (χ0n) is 9.78. The molecule has 0 atom stereocenters. The second-order valence-corrected chi connectivity index (χ2v) is 3.88. The van der Waals surface area contributed by atoms with Gasteiger partial charge in [-0.1, -0.05) is 6.92 Å². The van der Waals surface area contributed by atoms with Gasteiger partial charge in [-0.25, -0.2) is 0 Å². The highest BCUT2D eigenvalue weighted by Crippen LogP contribution is 2.20. The molecule has 0 amide bonds. The lowest BCUT2D eigenvalue weighted by Gasteiger charge is -2.30. The molecule has 0 bridgehead atoms. The van der Waals surface area contributed by atoms with Gasteiger partial charge in [-0.05, 0) is 12.6 Å². The van der Waals surface area contributed by atoms with Crippen molar-refractivity contribution >= 4 is 5.69 Å². The summed E-state index contributed by atoms with van der Waals surface area (Å²) in [6.45, 7) is 7.58. The van der Waals surface area contributed by atoms with E-state index < -0.39 is 0 Å². The molecule has 1 fully saturated rings. The number of ether oxygens (including phenoxy) is 1. The molecule has 0 unspecified atom stereocenters. The quantitative estimate of drug-likeness (QED) is 0.824. The smallest absolute Gasteiger partial charge is 0.0642 e. The van der Waals surface area contributed by atoms with Gasteiger partial charge in [0.25, 0.3) is 0 Å². The SMILES string of the molecule is CCNCc1cnccc1N1CCOCC1. The van der Waals surface area contributed by atoms with Gasteiger partial charge in [-0.3, -0.25) is 4.98 Å². The molecule has 1 aliphatic rings. The van der Waals surface area contributed by atoms with E-state index in [2.05, 4.69) is 28.2 Å². The first kappa shape index (κ1) is 11.4. The van der Waals surface area contributed by atoms with Gasteiger partial charge in [0.1, 0.15) is 0 Å². The van der Waals surface area contributed by atoms with Crippen molar-refractivity contribution in [2.45, 2.75) is 13.5 Å². The van der Waals surface area contributed by atoms with E-state index in [-0.39, 0.29) is 0 Å². The Balaban J connectivity index is 2.11. The predicted octanol–water partition coefficient (Wildman–Crippen LogP) is 1.03. The maximum absolute atomic E-state index is 5.37. The zero-order chi connectivity index (χ0) is 11.2. The van der Waals surface area contributed by atoms with Gasteiger partial charge in [0, 0.05) is 43.3 Å². The van der Waals surface area contributed by atoms with E-state index in [1.807, 2.05) is 12.4 Å². The molecular formula is C12H19N3O. The molecule has 4 heteroatoms. The summed E-state index contributed by atoms with van der Waals surface area (Å²) in [4.78, 5) is 6.57. The number of hydrogen-bond acceptors (Lipinski definition) is 4. The topological polar surface area (TPSA) is 37.4 Å². The van der Waals surface area contributed by atoms with Crippen LogP contribution in [0.25, 0.3) is 0 Å². The molecule has 1 aromatic heterocycles. The molecule has 1 aliphatic heterocycles. The minimum absolute atomic E-state index is 0.822. The number of anilines is 1. The van der Waals surface area contributed by atoms with Gasteiger partial charge < -0.3 is 15.0 Å².